The Morgan fingerprint density at radius 2 is 1.79 bits per heavy atom. The number of pyridine rings is 1. The molecule has 0 saturated carbocycles. The molecule has 1 saturated heterocycles. The zero-order valence-electron chi connectivity index (χ0n) is 31.3. The van der Waals surface area contributed by atoms with Gasteiger partial charge in [0.2, 0.25) is 11.8 Å². The highest BCUT2D eigenvalue weighted by atomic mass is 19.1. The molecule has 5 N–H and O–H groups in total. The standard InChI is InChI=1S/C40H37FN8O9/c1-21(51)32-16-29(37(54)45-30-13-22(19-50)12-27(36(30)41)23-17-44-47(2)18-23)33-15-25(8-11-48(32)33)58-20-35(53)43-10-3-9-42-24-4-5-26-28(14-24)40(57)49(39(26)56)31-6-7-34(52)46-38(31)55/h4-5,8,11-18,31,42,50H,3,6-7,9-10,19-20H2,1-2H3,(H,43,53)(H,45,54)(H,46,52,55). The summed E-state index contributed by atoms with van der Waals surface area (Å²) >= 11 is 0. The molecule has 3 aromatic heterocycles. The molecule has 0 bridgehead atoms. The second-order valence-corrected chi connectivity index (χ2v) is 13.8. The van der Waals surface area contributed by atoms with E-state index in [9.17, 15) is 38.7 Å². The number of carbonyl (C=O) groups is 7. The van der Waals surface area contributed by atoms with Crippen molar-refractivity contribution >= 4 is 58.1 Å². The highest BCUT2D eigenvalue weighted by molar-refractivity contribution is 6.23. The van der Waals surface area contributed by atoms with E-state index in [1.54, 1.807) is 19.3 Å². The number of amides is 6. The van der Waals surface area contributed by atoms with E-state index in [-0.39, 0.29) is 76.7 Å². The summed E-state index contributed by atoms with van der Waals surface area (Å²) in [6.07, 6.45) is 5.14. The van der Waals surface area contributed by atoms with E-state index in [1.165, 1.54) is 70.9 Å². The summed E-state index contributed by atoms with van der Waals surface area (Å²) in [6.45, 7) is 1.22. The van der Waals surface area contributed by atoms with Crippen LogP contribution in [0.25, 0.3) is 16.6 Å². The van der Waals surface area contributed by atoms with Crippen molar-refractivity contribution < 1.29 is 47.8 Å². The van der Waals surface area contributed by atoms with Gasteiger partial charge in [-0.3, -0.25) is 48.5 Å². The molecule has 7 rings (SSSR count). The van der Waals surface area contributed by atoms with Crippen LogP contribution in [-0.2, 0) is 28.0 Å². The maximum Gasteiger partial charge on any atom is 0.262 e. The lowest BCUT2D eigenvalue weighted by Gasteiger charge is -2.27. The van der Waals surface area contributed by atoms with E-state index < -0.39 is 53.9 Å². The van der Waals surface area contributed by atoms with E-state index in [1.807, 2.05) is 0 Å². The number of ketones is 1. The first kappa shape index (κ1) is 39.0. The Kier molecular flexibility index (Phi) is 10.8. The first-order valence-electron chi connectivity index (χ1n) is 18.2. The Bertz CT molecular complexity index is 2540. The minimum Gasteiger partial charge on any atom is -0.484 e. The fourth-order valence-corrected chi connectivity index (χ4v) is 6.88. The van der Waals surface area contributed by atoms with Gasteiger partial charge in [-0.2, -0.15) is 5.10 Å². The molecule has 58 heavy (non-hydrogen) atoms. The molecule has 6 amide bonds. The molecule has 1 atom stereocenters. The average Bonchev–Trinajstić information content (AvgIpc) is 3.88. The molecule has 0 spiro atoms. The fourth-order valence-electron chi connectivity index (χ4n) is 6.88. The van der Waals surface area contributed by atoms with E-state index in [4.69, 9.17) is 4.74 Å². The van der Waals surface area contributed by atoms with Gasteiger partial charge in [0.25, 0.3) is 23.6 Å². The molecule has 2 aliphatic heterocycles. The van der Waals surface area contributed by atoms with Gasteiger partial charge in [-0.1, -0.05) is 0 Å². The second kappa shape index (κ2) is 16.1. The number of ether oxygens (including phenoxy) is 1. The molecule has 298 valence electrons. The monoisotopic (exact) mass is 792 g/mol. The molecule has 0 radical (unpaired) electrons. The number of aliphatic hydroxyl groups excluding tert-OH is 1. The lowest BCUT2D eigenvalue weighted by molar-refractivity contribution is -0.136. The fraction of sp³-hybridized carbons (Fsp3) is 0.250. The summed E-state index contributed by atoms with van der Waals surface area (Å²) in [4.78, 5) is 89.5. The van der Waals surface area contributed by atoms with Gasteiger partial charge >= 0.3 is 0 Å². The van der Waals surface area contributed by atoms with Gasteiger partial charge in [0.05, 0.1) is 46.4 Å². The predicted molar refractivity (Wildman–Crippen MR) is 205 cm³/mol. The van der Waals surface area contributed by atoms with Crippen LogP contribution in [0, 0.1) is 5.82 Å². The number of hydrogen-bond donors (Lipinski definition) is 5. The maximum absolute atomic E-state index is 15.7. The smallest absolute Gasteiger partial charge is 0.262 e. The minimum absolute atomic E-state index is 0.0244. The Balaban J connectivity index is 0.940. The molecule has 2 aliphatic rings. The molecule has 0 aliphatic carbocycles. The van der Waals surface area contributed by atoms with Crippen LogP contribution in [0.2, 0.25) is 0 Å². The average molecular weight is 793 g/mol. The quantitative estimate of drug-likeness (QED) is 0.0625. The van der Waals surface area contributed by atoms with Crippen molar-refractivity contribution in [1.29, 1.82) is 0 Å². The summed E-state index contributed by atoms with van der Waals surface area (Å²) in [5, 5.41) is 24.5. The highest BCUT2D eigenvalue weighted by Gasteiger charge is 2.44. The molecule has 1 unspecified atom stereocenters. The number of imide groups is 2. The highest BCUT2D eigenvalue weighted by Crippen LogP contribution is 2.32. The van der Waals surface area contributed by atoms with Crippen LogP contribution < -0.4 is 26.0 Å². The summed E-state index contributed by atoms with van der Waals surface area (Å²) in [5.41, 5.74) is 2.09. The lowest BCUT2D eigenvalue weighted by Crippen LogP contribution is -2.54. The number of piperidine rings is 1. The van der Waals surface area contributed by atoms with Gasteiger partial charge in [-0.05, 0) is 60.9 Å². The molecule has 2 aromatic carbocycles. The molecule has 1 fully saturated rings. The van der Waals surface area contributed by atoms with Gasteiger partial charge in [0, 0.05) is 68.8 Å². The zero-order chi connectivity index (χ0) is 41.2. The predicted octanol–water partition coefficient (Wildman–Crippen LogP) is 2.82. The van der Waals surface area contributed by atoms with Crippen molar-refractivity contribution in [3.63, 3.8) is 0 Å². The normalized spacial score (nSPS) is 15.0. The van der Waals surface area contributed by atoms with Gasteiger partial charge in [-0.15, -0.1) is 0 Å². The molecular formula is C40H37FN8O9. The van der Waals surface area contributed by atoms with E-state index in [2.05, 4.69) is 26.4 Å². The number of hydrogen-bond acceptors (Lipinski definition) is 11. The van der Waals surface area contributed by atoms with Crippen LogP contribution in [0.5, 0.6) is 5.75 Å². The van der Waals surface area contributed by atoms with Crippen LogP contribution in [0.3, 0.4) is 0 Å². The van der Waals surface area contributed by atoms with Crippen LogP contribution in [0.15, 0.2) is 67.1 Å². The first-order valence-corrected chi connectivity index (χ1v) is 18.2. The Morgan fingerprint density at radius 3 is 2.52 bits per heavy atom. The number of fused-ring (bicyclic) bond motifs is 2. The number of carbonyl (C=O) groups excluding carboxylic acids is 7. The summed E-state index contributed by atoms with van der Waals surface area (Å²) in [7, 11) is 1.67. The number of Topliss-reactive ketones (excluding diaryl/α,β-unsaturated/α-hetero) is 1. The van der Waals surface area contributed by atoms with E-state index >= 15 is 4.39 Å². The summed E-state index contributed by atoms with van der Waals surface area (Å²) < 4.78 is 24.4. The van der Waals surface area contributed by atoms with E-state index in [0.717, 1.165) is 4.90 Å². The molecule has 5 heterocycles. The molecule has 5 aromatic rings. The summed E-state index contributed by atoms with van der Waals surface area (Å²) in [6, 6.07) is 10.8. The molecule has 18 heteroatoms. The van der Waals surface area contributed by atoms with Crippen LogP contribution in [-0.4, -0.2) is 91.2 Å². The second-order valence-electron chi connectivity index (χ2n) is 13.8. The zero-order valence-corrected chi connectivity index (χ0v) is 31.3. The minimum atomic E-state index is -1.06. The third kappa shape index (κ3) is 7.77. The lowest BCUT2D eigenvalue weighted by atomic mass is 10.0. The number of nitrogens with zero attached hydrogens (tertiary/aromatic N) is 4. The van der Waals surface area contributed by atoms with E-state index in [0.29, 0.717) is 29.8 Å². The Labute approximate surface area is 329 Å². The third-order valence-electron chi connectivity index (χ3n) is 9.74. The molecule has 17 nitrogen and oxygen atoms in total. The number of aliphatic hydroxyl groups is 1. The number of benzene rings is 2. The van der Waals surface area contributed by atoms with Gasteiger partial charge in [-0.25, -0.2) is 4.39 Å². The van der Waals surface area contributed by atoms with Crippen LogP contribution in [0.4, 0.5) is 15.8 Å². The van der Waals surface area contributed by atoms with Gasteiger partial charge < -0.3 is 30.2 Å². The number of rotatable bonds is 14. The van der Waals surface area contributed by atoms with Gasteiger partial charge in [0.1, 0.15) is 11.8 Å². The van der Waals surface area contributed by atoms with Crippen molar-refractivity contribution in [2.24, 2.45) is 7.05 Å². The molecular weight excluding hydrogens is 755 g/mol. The SMILES string of the molecule is CC(=O)c1cc(C(=O)Nc2cc(CO)cc(-c3cnn(C)c3)c2F)c2cc(OCC(=O)NCCCNc3ccc4c(c3)C(=O)N(C3CCC(=O)NC3=O)C4=O)ccn12. The Morgan fingerprint density at radius 1 is 1.00 bits per heavy atom. The van der Waals surface area contributed by atoms with Gasteiger partial charge in [0.15, 0.2) is 18.2 Å². The third-order valence-corrected chi connectivity index (χ3v) is 9.74. The van der Waals surface area contributed by atoms with Crippen molar-refractivity contribution in [2.45, 2.75) is 38.8 Å². The number of aryl methyl sites for hydroxylation is 1. The van der Waals surface area contributed by atoms with Crippen LogP contribution in [0.1, 0.15) is 73.3 Å². The number of nitrogens with one attached hydrogen (secondary N) is 4. The van der Waals surface area contributed by atoms with Crippen molar-refractivity contribution in [3.8, 4) is 16.9 Å². The summed E-state index contributed by atoms with van der Waals surface area (Å²) in [5.74, 6) is -4.36. The van der Waals surface area contributed by atoms with Crippen LogP contribution >= 0.6 is 0 Å². The maximum atomic E-state index is 15.7. The Hall–Kier alpha value is -7.21. The first-order chi connectivity index (χ1) is 27.8. The van der Waals surface area contributed by atoms with Crippen molar-refractivity contribution in [1.82, 2.24) is 29.7 Å². The largest absolute Gasteiger partial charge is 0.484 e. The van der Waals surface area contributed by atoms with Crippen molar-refractivity contribution in [2.75, 3.05) is 30.3 Å². The number of aromatic nitrogens is 3. The van der Waals surface area contributed by atoms with Crippen molar-refractivity contribution in [3.05, 3.63) is 101 Å². The number of anilines is 2. The number of halogens is 1. The topological polar surface area (TPSA) is 223 Å².